The topological polar surface area (TPSA) is 86.9 Å². The molecule has 2 saturated heterocycles. The van der Waals surface area contributed by atoms with Crippen molar-refractivity contribution in [3.8, 4) is 5.88 Å². The number of rotatable bonds is 5. The fourth-order valence-corrected chi connectivity index (χ4v) is 7.46. The summed E-state index contributed by atoms with van der Waals surface area (Å²) < 4.78 is 48.8. The van der Waals surface area contributed by atoms with Crippen LogP contribution in [-0.4, -0.2) is 42.1 Å². The van der Waals surface area contributed by atoms with Crippen molar-refractivity contribution in [2.45, 2.75) is 56.4 Å². The molecular weight excluding hydrogens is 469 g/mol. The minimum Gasteiger partial charge on any atom is -0.491 e. The summed E-state index contributed by atoms with van der Waals surface area (Å²) in [5.41, 5.74) is 1.94. The van der Waals surface area contributed by atoms with E-state index in [1.807, 2.05) is 43.3 Å². The van der Waals surface area contributed by atoms with Gasteiger partial charge in [-0.3, -0.25) is 0 Å². The average molecular weight is 500 g/mol. The highest BCUT2D eigenvalue weighted by Crippen LogP contribution is 2.38. The Morgan fingerprint density at radius 3 is 2.46 bits per heavy atom. The van der Waals surface area contributed by atoms with Crippen LogP contribution in [0, 0.1) is 5.82 Å². The zero-order valence-electron chi connectivity index (χ0n) is 19.7. The Hall–Kier alpha value is -2.91. The number of piperidine rings is 1. The number of anilines is 1. The zero-order valence-corrected chi connectivity index (χ0v) is 20.5. The first-order valence-corrected chi connectivity index (χ1v) is 13.6. The Morgan fingerprint density at radius 1 is 1.06 bits per heavy atom. The lowest BCUT2D eigenvalue weighted by molar-refractivity contribution is 0.279. The standard InChI is InChI=1S/C26H30FN3O4S/c1-18-7-10-25(20-5-3-2-4-6-20)35(32,33)30(18)17-21-8-9-22(15-23(21)27)29-13-11-19(12-14-29)24-16-26(31)28-34-24/h2-6,8-9,15-16,18-19,25H,7,10-14,17H2,1H3,(H,28,31). The van der Waals surface area contributed by atoms with Crippen molar-refractivity contribution >= 4 is 15.7 Å². The molecule has 2 fully saturated rings. The summed E-state index contributed by atoms with van der Waals surface area (Å²) in [6.45, 7) is 3.36. The molecule has 0 amide bonds. The molecule has 3 aromatic rings. The second-order valence-corrected chi connectivity index (χ2v) is 11.6. The monoisotopic (exact) mass is 499 g/mol. The van der Waals surface area contributed by atoms with Crippen LogP contribution < -0.4 is 4.90 Å². The van der Waals surface area contributed by atoms with Gasteiger partial charge < -0.3 is 14.5 Å². The molecule has 3 heterocycles. The lowest BCUT2D eigenvalue weighted by Gasteiger charge is -2.37. The van der Waals surface area contributed by atoms with E-state index in [1.54, 1.807) is 12.1 Å². The summed E-state index contributed by atoms with van der Waals surface area (Å²) in [7, 11) is -3.62. The van der Waals surface area contributed by atoms with Crippen LogP contribution in [0.25, 0.3) is 0 Å². The Morgan fingerprint density at radius 2 is 1.80 bits per heavy atom. The molecule has 7 nitrogen and oxygen atoms in total. The van der Waals surface area contributed by atoms with E-state index >= 15 is 4.39 Å². The third kappa shape index (κ3) is 4.79. The predicted molar refractivity (Wildman–Crippen MR) is 131 cm³/mol. The van der Waals surface area contributed by atoms with E-state index in [1.165, 1.54) is 10.4 Å². The van der Waals surface area contributed by atoms with E-state index in [0.717, 1.165) is 43.6 Å². The van der Waals surface area contributed by atoms with Gasteiger partial charge in [-0.25, -0.2) is 12.8 Å². The highest BCUT2D eigenvalue weighted by molar-refractivity contribution is 7.89. The smallest absolute Gasteiger partial charge is 0.251 e. The van der Waals surface area contributed by atoms with E-state index in [0.29, 0.717) is 17.7 Å². The van der Waals surface area contributed by atoms with Gasteiger partial charge in [0.1, 0.15) is 16.8 Å². The van der Waals surface area contributed by atoms with Crippen molar-refractivity contribution in [3.05, 3.63) is 77.3 Å². The third-order valence-corrected chi connectivity index (χ3v) is 9.71. The minimum atomic E-state index is -3.62. The first kappa shape index (κ1) is 23.8. The summed E-state index contributed by atoms with van der Waals surface area (Å²) in [6.07, 6.45) is 2.91. The Bertz CT molecular complexity index is 1270. The molecule has 9 heteroatoms. The molecule has 0 spiro atoms. The first-order chi connectivity index (χ1) is 16.8. The predicted octanol–water partition coefficient (Wildman–Crippen LogP) is 4.96. The highest BCUT2D eigenvalue weighted by Gasteiger charge is 2.40. The molecule has 2 aliphatic heterocycles. The van der Waals surface area contributed by atoms with E-state index in [4.69, 9.17) is 4.52 Å². The lowest BCUT2D eigenvalue weighted by Crippen LogP contribution is -2.44. The van der Waals surface area contributed by atoms with E-state index in [9.17, 15) is 13.5 Å². The number of benzene rings is 2. The maximum absolute atomic E-state index is 15.2. The fraction of sp³-hybridized carbons (Fsp3) is 0.423. The average Bonchev–Trinajstić information content (AvgIpc) is 3.29. The maximum Gasteiger partial charge on any atom is 0.251 e. The van der Waals surface area contributed by atoms with Gasteiger partial charge in [0, 0.05) is 48.9 Å². The quantitative estimate of drug-likeness (QED) is 0.534. The molecule has 0 radical (unpaired) electrons. The highest BCUT2D eigenvalue weighted by atomic mass is 32.2. The molecule has 0 saturated carbocycles. The van der Waals surface area contributed by atoms with Gasteiger partial charge >= 0.3 is 0 Å². The van der Waals surface area contributed by atoms with Gasteiger partial charge in [0.05, 0.1) is 0 Å². The van der Waals surface area contributed by atoms with E-state index in [2.05, 4.69) is 10.1 Å². The van der Waals surface area contributed by atoms with Crippen LogP contribution in [-0.2, 0) is 16.6 Å². The number of hydrogen-bond donors (Lipinski definition) is 1. The maximum atomic E-state index is 15.2. The number of aromatic nitrogens is 1. The Labute approximate surface area is 205 Å². The van der Waals surface area contributed by atoms with Gasteiger partial charge in [0.2, 0.25) is 10.0 Å². The van der Waals surface area contributed by atoms with Crippen molar-refractivity contribution in [2.75, 3.05) is 18.0 Å². The first-order valence-electron chi connectivity index (χ1n) is 12.1. The second kappa shape index (κ2) is 9.62. The SMILES string of the molecule is CC1CCC(c2ccccc2)S(=O)(=O)N1Cc1ccc(N2CCC(c3cc(O)no3)CC2)cc1F. The summed E-state index contributed by atoms with van der Waals surface area (Å²) in [5, 5.41) is 12.4. The molecule has 0 aliphatic carbocycles. The number of hydrogen-bond acceptors (Lipinski definition) is 6. The van der Waals surface area contributed by atoms with Gasteiger partial charge in [-0.2, -0.15) is 4.31 Å². The molecular formula is C26H30FN3O4S. The lowest BCUT2D eigenvalue weighted by atomic mass is 9.94. The molecule has 2 aliphatic rings. The Kier molecular flexibility index (Phi) is 6.55. The van der Waals surface area contributed by atoms with Crippen LogP contribution in [0.15, 0.2) is 59.1 Å². The van der Waals surface area contributed by atoms with Crippen LogP contribution in [0.5, 0.6) is 5.88 Å². The van der Waals surface area contributed by atoms with Crippen LogP contribution >= 0.6 is 0 Å². The molecule has 35 heavy (non-hydrogen) atoms. The molecule has 0 bridgehead atoms. The normalized spacial score (nSPS) is 23.4. The number of sulfonamides is 1. The molecule has 5 rings (SSSR count). The molecule has 2 aromatic carbocycles. The molecule has 2 unspecified atom stereocenters. The van der Waals surface area contributed by atoms with Gasteiger partial charge in [0.25, 0.3) is 5.88 Å². The molecule has 186 valence electrons. The van der Waals surface area contributed by atoms with Crippen LogP contribution in [0.2, 0.25) is 0 Å². The van der Waals surface area contributed by atoms with Gasteiger partial charge in [-0.1, -0.05) is 36.4 Å². The molecule has 1 N–H and O–H groups in total. The van der Waals surface area contributed by atoms with Crippen LogP contribution in [0.4, 0.5) is 10.1 Å². The summed E-state index contributed by atoms with van der Waals surface area (Å²) in [4.78, 5) is 2.12. The fourth-order valence-electron chi connectivity index (χ4n) is 5.27. The summed E-state index contributed by atoms with van der Waals surface area (Å²) in [6, 6.07) is 15.7. The van der Waals surface area contributed by atoms with E-state index in [-0.39, 0.29) is 24.4 Å². The molecule has 2 atom stereocenters. The van der Waals surface area contributed by atoms with Crippen molar-refractivity contribution in [3.63, 3.8) is 0 Å². The van der Waals surface area contributed by atoms with Crippen molar-refractivity contribution in [2.24, 2.45) is 0 Å². The van der Waals surface area contributed by atoms with Crippen molar-refractivity contribution in [1.82, 2.24) is 9.46 Å². The summed E-state index contributed by atoms with van der Waals surface area (Å²) in [5.74, 6) is 0.343. The second-order valence-electron chi connectivity index (χ2n) is 9.54. The zero-order chi connectivity index (χ0) is 24.6. The number of aromatic hydroxyl groups is 1. The Balaban J connectivity index is 1.29. The van der Waals surface area contributed by atoms with E-state index < -0.39 is 21.1 Å². The van der Waals surface area contributed by atoms with Gasteiger partial charge in [0.15, 0.2) is 0 Å². The number of halogens is 1. The van der Waals surface area contributed by atoms with Crippen molar-refractivity contribution < 1.29 is 22.4 Å². The van der Waals surface area contributed by atoms with Crippen LogP contribution in [0.3, 0.4) is 0 Å². The largest absolute Gasteiger partial charge is 0.491 e. The minimum absolute atomic E-state index is 0.0238. The van der Waals surface area contributed by atoms with Crippen molar-refractivity contribution in [1.29, 1.82) is 0 Å². The summed E-state index contributed by atoms with van der Waals surface area (Å²) >= 11 is 0. The third-order valence-electron chi connectivity index (χ3n) is 7.34. The van der Waals surface area contributed by atoms with Gasteiger partial charge in [-0.05, 0) is 55.5 Å². The van der Waals surface area contributed by atoms with Crippen LogP contribution in [0.1, 0.15) is 60.7 Å². The van der Waals surface area contributed by atoms with Gasteiger partial charge in [-0.15, -0.1) is 0 Å². The number of nitrogens with zero attached hydrogens (tertiary/aromatic N) is 3. The molecule has 1 aromatic heterocycles.